The van der Waals surface area contributed by atoms with E-state index >= 15 is 0 Å². The molecule has 4 nitrogen and oxygen atoms in total. The van der Waals surface area contributed by atoms with Crippen LogP contribution in [0.4, 0.5) is 0 Å². The van der Waals surface area contributed by atoms with Crippen molar-refractivity contribution in [2.24, 2.45) is 0 Å². The second-order valence-corrected chi connectivity index (χ2v) is 7.28. The van der Waals surface area contributed by atoms with Crippen molar-refractivity contribution >= 4 is 18.6 Å². The molecule has 2 aromatic rings. The van der Waals surface area contributed by atoms with Gasteiger partial charge in [-0.1, -0.05) is 36.4 Å². The molecule has 25 heavy (non-hydrogen) atoms. The summed E-state index contributed by atoms with van der Waals surface area (Å²) < 4.78 is 16.9. The first-order chi connectivity index (χ1) is 11.7. The predicted molar refractivity (Wildman–Crippen MR) is 98.9 cm³/mol. The van der Waals surface area contributed by atoms with Gasteiger partial charge in [0, 0.05) is 0 Å². The van der Waals surface area contributed by atoms with Crippen LogP contribution in [0.15, 0.2) is 48.5 Å². The minimum Gasteiger partial charge on any atom is -0.465 e. The third-order valence-corrected chi connectivity index (χ3v) is 5.05. The summed E-state index contributed by atoms with van der Waals surface area (Å²) in [7, 11) is 1.01. The Morgan fingerprint density at radius 3 is 2.08 bits per heavy atom. The number of hydrogen-bond acceptors (Lipinski definition) is 4. The zero-order valence-electron chi connectivity index (χ0n) is 15.3. The van der Waals surface area contributed by atoms with E-state index in [1.807, 2.05) is 70.2 Å². The van der Waals surface area contributed by atoms with Gasteiger partial charge in [0.1, 0.15) is 0 Å². The molecule has 3 rings (SSSR count). The van der Waals surface area contributed by atoms with Gasteiger partial charge in [-0.2, -0.15) is 0 Å². The molecule has 1 fully saturated rings. The van der Waals surface area contributed by atoms with Gasteiger partial charge in [0.15, 0.2) is 0 Å². The summed E-state index contributed by atoms with van der Waals surface area (Å²) in [5.74, 6) is -0.337. The van der Waals surface area contributed by atoms with Crippen LogP contribution in [0.3, 0.4) is 0 Å². The summed E-state index contributed by atoms with van der Waals surface area (Å²) in [5.41, 5.74) is 2.78. The third-order valence-electron chi connectivity index (χ3n) is 5.05. The topological polar surface area (TPSA) is 44.8 Å². The minimum atomic E-state index is -0.375. The fraction of sp³-hybridized carbons (Fsp3) is 0.350. The Hall–Kier alpha value is -2.11. The zero-order valence-corrected chi connectivity index (χ0v) is 15.3. The van der Waals surface area contributed by atoms with Crippen LogP contribution < -0.4 is 5.46 Å². The van der Waals surface area contributed by atoms with Gasteiger partial charge in [0.25, 0.3) is 0 Å². The highest BCUT2D eigenvalue weighted by molar-refractivity contribution is 6.62. The van der Waals surface area contributed by atoms with E-state index in [9.17, 15) is 4.79 Å². The smallest absolute Gasteiger partial charge is 0.465 e. The zero-order chi connectivity index (χ0) is 18.2. The molecule has 5 heteroatoms. The number of benzene rings is 2. The highest BCUT2D eigenvalue weighted by Crippen LogP contribution is 2.36. The Bertz CT molecular complexity index is 765. The van der Waals surface area contributed by atoms with Crippen LogP contribution in [-0.2, 0) is 14.0 Å². The summed E-state index contributed by atoms with van der Waals surface area (Å²) in [4.78, 5) is 11.7. The van der Waals surface area contributed by atoms with Crippen LogP contribution in [0.2, 0.25) is 0 Å². The van der Waals surface area contributed by atoms with Crippen molar-refractivity contribution in [1.29, 1.82) is 0 Å². The molecule has 0 aromatic heterocycles. The summed E-state index contributed by atoms with van der Waals surface area (Å²) in [6, 6.07) is 15.4. The van der Waals surface area contributed by atoms with Gasteiger partial charge < -0.3 is 14.0 Å². The second-order valence-electron chi connectivity index (χ2n) is 7.28. The average molecular weight is 338 g/mol. The SMILES string of the molecule is COC(=O)c1cccc(-c2ccc(B3OC(C)(C)C(C)(C)O3)cc2)c1. The first-order valence-electron chi connectivity index (χ1n) is 8.38. The summed E-state index contributed by atoms with van der Waals surface area (Å²) >= 11 is 0. The lowest BCUT2D eigenvalue weighted by Gasteiger charge is -2.32. The maximum Gasteiger partial charge on any atom is 0.494 e. The highest BCUT2D eigenvalue weighted by atomic mass is 16.7. The molecule has 0 N–H and O–H groups in total. The van der Waals surface area contributed by atoms with Crippen molar-refractivity contribution in [3.63, 3.8) is 0 Å². The van der Waals surface area contributed by atoms with Gasteiger partial charge in [0.2, 0.25) is 0 Å². The fourth-order valence-electron chi connectivity index (χ4n) is 2.76. The number of esters is 1. The van der Waals surface area contributed by atoms with E-state index in [1.54, 1.807) is 6.07 Å². The number of carbonyl (C=O) groups excluding carboxylic acids is 1. The Kier molecular flexibility index (Phi) is 4.48. The quantitative estimate of drug-likeness (QED) is 0.635. The van der Waals surface area contributed by atoms with Crippen molar-refractivity contribution < 1.29 is 18.8 Å². The molecule has 0 saturated carbocycles. The second kappa shape index (κ2) is 6.32. The molecule has 0 amide bonds. The maximum absolute atomic E-state index is 11.7. The van der Waals surface area contributed by atoms with Gasteiger partial charge in [-0.25, -0.2) is 4.79 Å². The van der Waals surface area contributed by atoms with E-state index in [2.05, 4.69) is 0 Å². The van der Waals surface area contributed by atoms with Gasteiger partial charge in [-0.15, -0.1) is 0 Å². The predicted octanol–water partition coefficient (Wildman–Crippen LogP) is 3.44. The van der Waals surface area contributed by atoms with Crippen LogP contribution in [0, 0.1) is 0 Å². The molecule has 0 spiro atoms. The Balaban J connectivity index is 1.83. The molecule has 130 valence electrons. The lowest BCUT2D eigenvalue weighted by molar-refractivity contribution is 0.00578. The number of methoxy groups -OCH3 is 1. The number of hydrogen-bond donors (Lipinski definition) is 0. The molecule has 1 aliphatic heterocycles. The van der Waals surface area contributed by atoms with Crippen LogP contribution >= 0.6 is 0 Å². The van der Waals surface area contributed by atoms with E-state index in [-0.39, 0.29) is 24.3 Å². The van der Waals surface area contributed by atoms with Crippen molar-refractivity contribution in [2.45, 2.75) is 38.9 Å². The lowest BCUT2D eigenvalue weighted by Crippen LogP contribution is -2.41. The number of ether oxygens (including phenoxy) is 1. The molecule has 1 aliphatic rings. The molecular weight excluding hydrogens is 315 g/mol. The van der Waals surface area contributed by atoms with Gasteiger partial charge in [-0.3, -0.25) is 0 Å². The molecule has 0 unspecified atom stereocenters. The normalized spacial score (nSPS) is 18.2. The van der Waals surface area contributed by atoms with E-state index < -0.39 is 0 Å². The summed E-state index contributed by atoms with van der Waals surface area (Å²) in [5, 5.41) is 0. The van der Waals surface area contributed by atoms with Gasteiger partial charge in [0.05, 0.1) is 23.9 Å². The molecular formula is C20H23BO4. The molecule has 1 saturated heterocycles. The molecule has 0 bridgehead atoms. The molecule has 0 atom stereocenters. The van der Waals surface area contributed by atoms with Crippen LogP contribution in [0.25, 0.3) is 11.1 Å². The van der Waals surface area contributed by atoms with Crippen LogP contribution in [-0.4, -0.2) is 31.4 Å². The first-order valence-corrected chi connectivity index (χ1v) is 8.38. The highest BCUT2D eigenvalue weighted by Gasteiger charge is 2.51. The van der Waals surface area contributed by atoms with Crippen molar-refractivity contribution in [3.8, 4) is 11.1 Å². The van der Waals surface area contributed by atoms with Gasteiger partial charge in [-0.05, 0) is 56.4 Å². The standard InChI is InChI=1S/C20H23BO4/c1-19(2)20(3,4)25-21(24-19)17-11-9-14(10-12-17)15-7-6-8-16(13-15)18(22)23-5/h6-13H,1-5H3. The van der Waals surface area contributed by atoms with E-state index in [0.29, 0.717) is 5.56 Å². The molecule has 1 heterocycles. The molecule has 0 aliphatic carbocycles. The Morgan fingerprint density at radius 2 is 1.52 bits per heavy atom. The fourth-order valence-corrected chi connectivity index (χ4v) is 2.76. The van der Waals surface area contributed by atoms with E-state index in [1.165, 1.54) is 7.11 Å². The van der Waals surface area contributed by atoms with Crippen molar-refractivity contribution in [1.82, 2.24) is 0 Å². The van der Waals surface area contributed by atoms with Crippen LogP contribution in [0.5, 0.6) is 0 Å². The lowest BCUT2D eigenvalue weighted by atomic mass is 9.78. The third kappa shape index (κ3) is 3.35. The summed E-state index contributed by atoms with van der Waals surface area (Å²) in [6.07, 6.45) is 0. The number of carbonyl (C=O) groups is 1. The van der Waals surface area contributed by atoms with Crippen molar-refractivity contribution in [2.75, 3.05) is 7.11 Å². The number of rotatable bonds is 3. The maximum atomic E-state index is 11.7. The Labute approximate surface area is 149 Å². The first kappa shape index (κ1) is 17.7. The van der Waals surface area contributed by atoms with Crippen LogP contribution in [0.1, 0.15) is 38.1 Å². The van der Waals surface area contributed by atoms with E-state index in [4.69, 9.17) is 14.0 Å². The van der Waals surface area contributed by atoms with E-state index in [0.717, 1.165) is 16.6 Å². The monoisotopic (exact) mass is 338 g/mol. The molecule has 0 radical (unpaired) electrons. The summed E-state index contributed by atoms with van der Waals surface area (Å²) in [6.45, 7) is 8.17. The minimum absolute atomic E-state index is 0.337. The largest absolute Gasteiger partial charge is 0.494 e. The average Bonchev–Trinajstić information content (AvgIpc) is 2.82. The van der Waals surface area contributed by atoms with Crippen molar-refractivity contribution in [3.05, 3.63) is 54.1 Å². The van der Waals surface area contributed by atoms with Gasteiger partial charge >= 0.3 is 13.1 Å². The Morgan fingerprint density at radius 1 is 0.920 bits per heavy atom. The molecule has 2 aromatic carbocycles.